The molecule has 0 aliphatic carbocycles. The maximum absolute atomic E-state index is 13.2. The summed E-state index contributed by atoms with van der Waals surface area (Å²) in [6, 6.07) is 29.6. The largest absolute Gasteiger partial charge is 0.456 e. The third-order valence-corrected chi connectivity index (χ3v) is 5.20. The van der Waals surface area contributed by atoms with E-state index in [9.17, 15) is 4.79 Å². The molecular formula is C25H21N3O2. The lowest BCUT2D eigenvalue weighted by atomic mass is 10.1. The highest BCUT2D eigenvalue weighted by Crippen LogP contribution is 2.31. The highest BCUT2D eigenvalue weighted by molar-refractivity contribution is 6.41. The van der Waals surface area contributed by atoms with Crippen LogP contribution in [-0.2, 0) is 11.2 Å². The predicted octanol–water partition coefficient (Wildman–Crippen LogP) is 4.24. The van der Waals surface area contributed by atoms with E-state index >= 15 is 0 Å². The van der Waals surface area contributed by atoms with Gasteiger partial charge in [0.15, 0.2) is 11.6 Å². The molecule has 2 aliphatic rings. The fourth-order valence-corrected chi connectivity index (χ4v) is 3.72. The van der Waals surface area contributed by atoms with E-state index in [0.717, 1.165) is 17.0 Å². The van der Waals surface area contributed by atoms with Gasteiger partial charge in [-0.05, 0) is 29.8 Å². The fourth-order valence-electron chi connectivity index (χ4n) is 3.72. The lowest BCUT2D eigenvalue weighted by Crippen LogP contribution is -2.46. The summed E-state index contributed by atoms with van der Waals surface area (Å²) in [7, 11) is 0. The summed E-state index contributed by atoms with van der Waals surface area (Å²) in [5.74, 6) is 1.95. The highest BCUT2D eigenvalue weighted by Gasteiger charge is 2.38. The summed E-state index contributed by atoms with van der Waals surface area (Å²) in [5.41, 5.74) is 2.64. The minimum absolute atomic E-state index is 0.0661. The molecule has 2 heterocycles. The van der Waals surface area contributed by atoms with E-state index in [-0.39, 0.29) is 5.91 Å². The molecule has 5 nitrogen and oxygen atoms in total. The van der Waals surface area contributed by atoms with Gasteiger partial charge < -0.3 is 9.64 Å². The number of anilines is 1. The SMILES string of the molecule is O=C1C(Cc2ccccc2)=NC2=C(Oc3ccccc3)CN(c3ccccc3)CN12. The number of carbonyl (C=O) groups is 1. The summed E-state index contributed by atoms with van der Waals surface area (Å²) < 4.78 is 6.20. The molecule has 3 aromatic carbocycles. The van der Waals surface area contributed by atoms with Crippen molar-refractivity contribution in [1.82, 2.24) is 4.90 Å². The number of para-hydroxylation sites is 2. The van der Waals surface area contributed by atoms with Gasteiger partial charge in [-0.1, -0.05) is 66.7 Å². The number of hydrogen-bond acceptors (Lipinski definition) is 4. The van der Waals surface area contributed by atoms with E-state index in [1.807, 2.05) is 91.0 Å². The first-order valence-electron chi connectivity index (χ1n) is 9.97. The summed E-state index contributed by atoms with van der Waals surface area (Å²) in [6.07, 6.45) is 0.504. The molecule has 0 saturated heterocycles. The first-order valence-corrected chi connectivity index (χ1v) is 9.97. The predicted molar refractivity (Wildman–Crippen MR) is 117 cm³/mol. The molecule has 0 saturated carbocycles. The van der Waals surface area contributed by atoms with Crippen LogP contribution in [0.15, 0.2) is 108 Å². The van der Waals surface area contributed by atoms with Crippen LogP contribution in [0.25, 0.3) is 0 Å². The van der Waals surface area contributed by atoms with Crippen molar-refractivity contribution in [3.05, 3.63) is 108 Å². The van der Waals surface area contributed by atoms with E-state index in [2.05, 4.69) is 4.90 Å². The number of nitrogens with zero attached hydrogens (tertiary/aromatic N) is 3. The maximum Gasteiger partial charge on any atom is 0.275 e. The normalized spacial score (nSPS) is 15.9. The average molecular weight is 395 g/mol. The zero-order chi connectivity index (χ0) is 20.3. The van der Waals surface area contributed by atoms with Crippen LogP contribution >= 0.6 is 0 Å². The molecule has 148 valence electrons. The van der Waals surface area contributed by atoms with Crippen molar-refractivity contribution in [3.8, 4) is 5.75 Å². The smallest absolute Gasteiger partial charge is 0.275 e. The second kappa shape index (κ2) is 7.87. The Morgan fingerprint density at radius 1 is 0.833 bits per heavy atom. The molecule has 3 aromatic rings. The Bertz CT molecular complexity index is 1110. The summed E-state index contributed by atoms with van der Waals surface area (Å²) in [4.78, 5) is 21.8. The molecule has 0 spiro atoms. The molecule has 30 heavy (non-hydrogen) atoms. The van der Waals surface area contributed by atoms with Crippen LogP contribution in [-0.4, -0.2) is 29.7 Å². The van der Waals surface area contributed by atoms with Crippen molar-refractivity contribution in [2.75, 3.05) is 18.1 Å². The molecule has 0 atom stereocenters. The zero-order valence-corrected chi connectivity index (χ0v) is 16.4. The number of benzene rings is 3. The molecule has 5 rings (SSSR count). The van der Waals surface area contributed by atoms with Crippen LogP contribution in [0.3, 0.4) is 0 Å². The second-order valence-electron chi connectivity index (χ2n) is 7.29. The Hall–Kier alpha value is -3.86. The van der Waals surface area contributed by atoms with E-state index in [4.69, 9.17) is 9.73 Å². The van der Waals surface area contributed by atoms with E-state index in [1.54, 1.807) is 4.90 Å². The average Bonchev–Trinajstić information content (AvgIpc) is 3.11. The third kappa shape index (κ3) is 3.57. The minimum Gasteiger partial charge on any atom is -0.456 e. The molecule has 2 aliphatic heterocycles. The summed E-state index contributed by atoms with van der Waals surface area (Å²) in [5, 5.41) is 0. The summed E-state index contributed by atoms with van der Waals surface area (Å²) >= 11 is 0. The van der Waals surface area contributed by atoms with Crippen molar-refractivity contribution < 1.29 is 9.53 Å². The fraction of sp³-hybridized carbons (Fsp3) is 0.120. The van der Waals surface area contributed by atoms with Gasteiger partial charge >= 0.3 is 0 Å². The number of amides is 1. The molecule has 0 aromatic heterocycles. The van der Waals surface area contributed by atoms with Crippen LogP contribution in [0.2, 0.25) is 0 Å². The maximum atomic E-state index is 13.2. The number of aliphatic imine (C=N–C) groups is 1. The standard InChI is InChI=1S/C25H21N3O2/c29-25-22(16-19-10-4-1-5-11-19)26-24-23(30-21-14-8-3-9-15-21)17-27(18-28(24)25)20-12-6-2-7-13-20/h1-15H,16-18H2. The van der Waals surface area contributed by atoms with Gasteiger partial charge in [-0.2, -0.15) is 0 Å². The van der Waals surface area contributed by atoms with Gasteiger partial charge in [-0.15, -0.1) is 0 Å². The van der Waals surface area contributed by atoms with E-state index < -0.39 is 0 Å². The Balaban J connectivity index is 1.50. The quantitative estimate of drug-likeness (QED) is 0.649. The van der Waals surface area contributed by atoms with Gasteiger partial charge in [0.2, 0.25) is 0 Å². The Morgan fingerprint density at radius 2 is 1.47 bits per heavy atom. The minimum atomic E-state index is -0.0661. The first kappa shape index (κ1) is 18.2. The number of fused-ring (bicyclic) bond motifs is 1. The van der Waals surface area contributed by atoms with Gasteiger partial charge in [0.05, 0.1) is 6.54 Å². The third-order valence-electron chi connectivity index (χ3n) is 5.20. The van der Waals surface area contributed by atoms with Crippen LogP contribution in [0.4, 0.5) is 5.69 Å². The molecule has 0 bridgehead atoms. The Labute approximate surface area is 175 Å². The molecule has 0 radical (unpaired) electrons. The van der Waals surface area contributed by atoms with Gasteiger partial charge in [-0.3, -0.25) is 9.69 Å². The highest BCUT2D eigenvalue weighted by atomic mass is 16.5. The number of ether oxygens (including phenoxy) is 1. The first-order chi connectivity index (χ1) is 14.8. The van der Waals surface area contributed by atoms with Crippen molar-refractivity contribution in [2.24, 2.45) is 4.99 Å². The van der Waals surface area contributed by atoms with E-state index in [1.165, 1.54) is 0 Å². The zero-order valence-electron chi connectivity index (χ0n) is 16.4. The second-order valence-corrected chi connectivity index (χ2v) is 7.29. The van der Waals surface area contributed by atoms with Gasteiger partial charge in [0, 0.05) is 12.1 Å². The Kier molecular flexibility index (Phi) is 4.77. The molecule has 0 unspecified atom stereocenters. The van der Waals surface area contributed by atoms with Crippen molar-refractivity contribution in [2.45, 2.75) is 6.42 Å². The van der Waals surface area contributed by atoms with Crippen molar-refractivity contribution in [1.29, 1.82) is 0 Å². The molecule has 5 heteroatoms. The molecule has 0 N–H and O–H groups in total. The Morgan fingerprint density at radius 3 is 2.17 bits per heavy atom. The van der Waals surface area contributed by atoms with E-state index in [0.29, 0.717) is 36.9 Å². The monoisotopic (exact) mass is 395 g/mol. The number of hydrogen-bond donors (Lipinski definition) is 0. The van der Waals surface area contributed by atoms with Crippen LogP contribution in [0.5, 0.6) is 5.75 Å². The van der Waals surface area contributed by atoms with Crippen molar-refractivity contribution >= 4 is 17.3 Å². The topological polar surface area (TPSA) is 45.1 Å². The van der Waals surface area contributed by atoms with Gasteiger partial charge in [0.25, 0.3) is 5.91 Å². The number of carbonyl (C=O) groups excluding carboxylic acids is 1. The molecule has 0 fully saturated rings. The summed E-state index contributed by atoms with van der Waals surface area (Å²) in [6.45, 7) is 0.988. The van der Waals surface area contributed by atoms with Crippen LogP contribution < -0.4 is 9.64 Å². The van der Waals surface area contributed by atoms with Gasteiger partial charge in [0.1, 0.15) is 18.1 Å². The lowest BCUT2D eigenvalue weighted by molar-refractivity contribution is -0.121. The van der Waals surface area contributed by atoms with Crippen molar-refractivity contribution in [3.63, 3.8) is 0 Å². The molecule has 1 amide bonds. The molecular weight excluding hydrogens is 374 g/mol. The van der Waals surface area contributed by atoms with Gasteiger partial charge in [-0.25, -0.2) is 4.99 Å². The van der Waals surface area contributed by atoms with Crippen LogP contribution in [0, 0.1) is 0 Å². The lowest BCUT2D eigenvalue weighted by Gasteiger charge is -2.35. The number of rotatable bonds is 5. The van der Waals surface area contributed by atoms with Crippen LogP contribution in [0.1, 0.15) is 5.56 Å².